The molecule has 1 aliphatic rings. The number of ether oxygens (including phenoxy) is 1. The minimum atomic E-state index is -0.308. The first kappa shape index (κ1) is 14.5. The third-order valence-electron chi connectivity index (χ3n) is 3.96. The molecule has 2 nitrogen and oxygen atoms in total. The predicted molar refractivity (Wildman–Crippen MR) is 77.9 cm³/mol. The van der Waals surface area contributed by atoms with Gasteiger partial charge in [-0.1, -0.05) is 63.6 Å². The zero-order valence-electron chi connectivity index (χ0n) is 12.0. The van der Waals surface area contributed by atoms with Crippen LogP contribution in [0.25, 0.3) is 0 Å². The van der Waals surface area contributed by atoms with E-state index in [-0.39, 0.29) is 6.10 Å². The van der Waals surface area contributed by atoms with Crippen molar-refractivity contribution >= 4 is 0 Å². The van der Waals surface area contributed by atoms with Crippen LogP contribution in [0.2, 0.25) is 0 Å². The summed E-state index contributed by atoms with van der Waals surface area (Å²) in [6.45, 7) is 3.66. The van der Waals surface area contributed by atoms with Crippen LogP contribution in [0.4, 0.5) is 0 Å². The van der Waals surface area contributed by atoms with E-state index in [1.165, 1.54) is 43.2 Å². The molecule has 106 valence electrons. The quantitative estimate of drug-likeness (QED) is 0.699. The van der Waals surface area contributed by atoms with E-state index in [2.05, 4.69) is 25.1 Å². The molecule has 1 aromatic rings. The van der Waals surface area contributed by atoms with Gasteiger partial charge in [-0.25, -0.2) is 0 Å². The van der Waals surface area contributed by atoms with Gasteiger partial charge < -0.3 is 9.84 Å². The first-order chi connectivity index (χ1) is 9.31. The molecule has 2 rings (SSSR count). The smallest absolute Gasteiger partial charge is 0.0790 e. The Morgan fingerprint density at radius 2 is 1.79 bits per heavy atom. The number of rotatable bonds is 8. The largest absolute Gasteiger partial charge is 0.388 e. The van der Waals surface area contributed by atoms with Crippen LogP contribution < -0.4 is 0 Å². The molecule has 0 amide bonds. The van der Waals surface area contributed by atoms with E-state index in [1.54, 1.807) is 0 Å². The molecule has 1 unspecified atom stereocenters. The molecule has 0 aliphatic carbocycles. The summed E-state index contributed by atoms with van der Waals surface area (Å²) in [5.41, 5.74) is 3.58. The van der Waals surface area contributed by atoms with Gasteiger partial charge in [0.1, 0.15) is 0 Å². The monoisotopic (exact) mass is 262 g/mol. The van der Waals surface area contributed by atoms with Crippen LogP contribution in [-0.2, 0) is 18.0 Å². The highest BCUT2D eigenvalue weighted by Crippen LogP contribution is 2.26. The van der Waals surface area contributed by atoms with E-state index in [0.717, 1.165) is 25.0 Å². The summed E-state index contributed by atoms with van der Waals surface area (Å²) in [4.78, 5) is 0. The predicted octanol–water partition coefficient (Wildman–Crippen LogP) is 4.50. The van der Waals surface area contributed by atoms with Crippen LogP contribution in [0, 0.1) is 0 Å². The molecule has 0 saturated heterocycles. The topological polar surface area (TPSA) is 29.5 Å². The normalized spacial score (nSPS) is 15.5. The van der Waals surface area contributed by atoms with Gasteiger partial charge in [0.15, 0.2) is 0 Å². The first-order valence-corrected chi connectivity index (χ1v) is 7.68. The fourth-order valence-electron chi connectivity index (χ4n) is 2.68. The lowest BCUT2D eigenvalue weighted by Crippen LogP contribution is -1.99. The molecule has 0 fully saturated rings. The minimum absolute atomic E-state index is 0.308. The number of fused-ring (bicyclic) bond motifs is 1. The zero-order valence-corrected chi connectivity index (χ0v) is 12.0. The van der Waals surface area contributed by atoms with Crippen LogP contribution in [0.1, 0.15) is 74.7 Å². The van der Waals surface area contributed by atoms with Gasteiger partial charge >= 0.3 is 0 Å². The molecular formula is C17H26O2. The Bertz CT molecular complexity index is 387. The molecule has 1 aromatic carbocycles. The maximum absolute atomic E-state index is 10.2. The van der Waals surface area contributed by atoms with Crippen molar-refractivity contribution in [2.24, 2.45) is 0 Å². The van der Waals surface area contributed by atoms with Gasteiger partial charge in [0.05, 0.1) is 19.3 Å². The maximum atomic E-state index is 10.2. The summed E-state index contributed by atoms with van der Waals surface area (Å²) >= 11 is 0. The number of hydrogen-bond donors (Lipinski definition) is 1. The average molecular weight is 262 g/mol. The Morgan fingerprint density at radius 3 is 2.63 bits per heavy atom. The summed E-state index contributed by atoms with van der Waals surface area (Å²) in [5, 5.41) is 10.2. The minimum Gasteiger partial charge on any atom is -0.388 e. The van der Waals surface area contributed by atoms with Crippen LogP contribution in [0.5, 0.6) is 0 Å². The summed E-state index contributed by atoms with van der Waals surface area (Å²) in [5.74, 6) is 0. The van der Waals surface area contributed by atoms with Crippen molar-refractivity contribution in [3.63, 3.8) is 0 Å². The highest BCUT2D eigenvalue weighted by molar-refractivity contribution is 5.34. The van der Waals surface area contributed by atoms with Crippen molar-refractivity contribution in [3.8, 4) is 0 Å². The van der Waals surface area contributed by atoms with Crippen LogP contribution in [0.15, 0.2) is 18.2 Å². The van der Waals surface area contributed by atoms with Gasteiger partial charge in [0, 0.05) is 0 Å². The maximum Gasteiger partial charge on any atom is 0.0790 e. The number of unbranched alkanes of at least 4 members (excludes halogenated alkanes) is 5. The third-order valence-corrected chi connectivity index (χ3v) is 3.96. The average Bonchev–Trinajstić information content (AvgIpc) is 2.89. The fraction of sp³-hybridized carbons (Fsp3) is 0.647. The second-order valence-corrected chi connectivity index (χ2v) is 5.59. The molecule has 19 heavy (non-hydrogen) atoms. The Labute approximate surface area is 116 Å². The standard InChI is InChI=1S/C17H26O2/c1-2-3-4-5-6-7-8-17(18)14-9-10-15-12-19-13-16(15)11-14/h9-11,17-18H,2-8,12-13H2,1H3. The van der Waals surface area contributed by atoms with Crippen LogP contribution >= 0.6 is 0 Å². The summed E-state index contributed by atoms with van der Waals surface area (Å²) in [6, 6.07) is 6.27. The van der Waals surface area contributed by atoms with E-state index in [4.69, 9.17) is 4.74 Å². The van der Waals surface area contributed by atoms with E-state index in [1.807, 2.05) is 0 Å². The van der Waals surface area contributed by atoms with Crippen LogP contribution in [0.3, 0.4) is 0 Å². The summed E-state index contributed by atoms with van der Waals surface area (Å²) in [6.07, 6.45) is 8.21. The van der Waals surface area contributed by atoms with E-state index in [9.17, 15) is 5.11 Å². The van der Waals surface area contributed by atoms with Crippen molar-refractivity contribution in [2.75, 3.05) is 0 Å². The lowest BCUT2D eigenvalue weighted by molar-refractivity contribution is 0.134. The van der Waals surface area contributed by atoms with Crippen molar-refractivity contribution in [1.29, 1.82) is 0 Å². The van der Waals surface area contributed by atoms with Crippen molar-refractivity contribution in [1.82, 2.24) is 0 Å². The van der Waals surface area contributed by atoms with E-state index >= 15 is 0 Å². The summed E-state index contributed by atoms with van der Waals surface area (Å²) in [7, 11) is 0. The number of benzene rings is 1. The molecule has 1 N–H and O–H groups in total. The highest BCUT2D eigenvalue weighted by atomic mass is 16.5. The molecule has 1 aliphatic heterocycles. The second kappa shape index (κ2) is 7.66. The third kappa shape index (κ3) is 4.32. The van der Waals surface area contributed by atoms with Crippen LogP contribution in [-0.4, -0.2) is 5.11 Å². The molecule has 0 saturated carbocycles. The van der Waals surface area contributed by atoms with Gasteiger partial charge in [-0.2, -0.15) is 0 Å². The van der Waals surface area contributed by atoms with Gasteiger partial charge in [-0.05, 0) is 23.1 Å². The van der Waals surface area contributed by atoms with E-state index in [0.29, 0.717) is 6.61 Å². The fourth-order valence-corrected chi connectivity index (χ4v) is 2.68. The van der Waals surface area contributed by atoms with Gasteiger partial charge in [-0.3, -0.25) is 0 Å². The molecule has 1 atom stereocenters. The lowest BCUT2D eigenvalue weighted by atomic mass is 9.98. The summed E-state index contributed by atoms with van der Waals surface area (Å²) < 4.78 is 5.40. The molecule has 0 radical (unpaired) electrons. The Hall–Kier alpha value is -0.860. The highest BCUT2D eigenvalue weighted by Gasteiger charge is 2.14. The number of hydrogen-bond acceptors (Lipinski definition) is 2. The Morgan fingerprint density at radius 1 is 1.05 bits per heavy atom. The SMILES string of the molecule is CCCCCCCCC(O)c1ccc2c(c1)COC2. The molecule has 0 bridgehead atoms. The Balaban J connectivity index is 1.72. The first-order valence-electron chi connectivity index (χ1n) is 7.68. The second-order valence-electron chi connectivity index (χ2n) is 5.59. The number of aliphatic hydroxyl groups is 1. The number of aliphatic hydroxyl groups excluding tert-OH is 1. The Kier molecular flexibility index (Phi) is 5.87. The molecule has 2 heteroatoms. The zero-order chi connectivity index (χ0) is 13.5. The van der Waals surface area contributed by atoms with Crippen molar-refractivity contribution in [2.45, 2.75) is 71.2 Å². The van der Waals surface area contributed by atoms with Gasteiger partial charge in [0.25, 0.3) is 0 Å². The van der Waals surface area contributed by atoms with Crippen molar-refractivity contribution in [3.05, 3.63) is 34.9 Å². The lowest BCUT2D eigenvalue weighted by Gasteiger charge is -2.12. The molecule has 1 heterocycles. The molecule has 0 spiro atoms. The van der Waals surface area contributed by atoms with Crippen molar-refractivity contribution < 1.29 is 9.84 Å². The van der Waals surface area contributed by atoms with Gasteiger partial charge in [-0.15, -0.1) is 0 Å². The molecule has 0 aromatic heterocycles. The molecular weight excluding hydrogens is 236 g/mol. The van der Waals surface area contributed by atoms with Gasteiger partial charge in [0.2, 0.25) is 0 Å². The van der Waals surface area contributed by atoms with E-state index < -0.39 is 0 Å².